The lowest BCUT2D eigenvalue weighted by molar-refractivity contribution is -0.143. The fourth-order valence-electron chi connectivity index (χ4n) is 2.67. The highest BCUT2D eigenvalue weighted by atomic mass is 16.4. The summed E-state index contributed by atoms with van der Waals surface area (Å²) in [6.07, 6.45) is 1.37. The summed E-state index contributed by atoms with van der Waals surface area (Å²) in [6.45, 7) is 5.04. The Hall–Kier alpha value is -2.04. The van der Waals surface area contributed by atoms with E-state index >= 15 is 0 Å². The standard InChI is InChI=1S/C16H22N2O3/c1-11(2)13-7-3-4-8-14(13)17-16(21)18-9-5-6-12(10-18)15(19)20/h3-4,7-8,11-12H,5-6,9-10H2,1-2H3,(H,17,21)(H,19,20)/t12-/m1/s1. The van der Waals surface area contributed by atoms with E-state index in [2.05, 4.69) is 19.2 Å². The van der Waals surface area contributed by atoms with Crippen LogP contribution in [0.1, 0.15) is 38.2 Å². The van der Waals surface area contributed by atoms with Gasteiger partial charge in [0.25, 0.3) is 0 Å². The van der Waals surface area contributed by atoms with Gasteiger partial charge in [-0.05, 0) is 30.4 Å². The zero-order valence-electron chi connectivity index (χ0n) is 12.5. The molecule has 5 nitrogen and oxygen atoms in total. The second-order valence-electron chi connectivity index (χ2n) is 5.80. The molecule has 0 bridgehead atoms. The summed E-state index contributed by atoms with van der Waals surface area (Å²) >= 11 is 0. The first-order chi connectivity index (χ1) is 9.99. The molecule has 1 heterocycles. The molecule has 1 saturated heterocycles. The third kappa shape index (κ3) is 3.74. The van der Waals surface area contributed by atoms with Crippen molar-refractivity contribution >= 4 is 17.7 Å². The number of piperidine rings is 1. The van der Waals surface area contributed by atoms with E-state index in [0.717, 1.165) is 17.7 Å². The molecule has 0 saturated carbocycles. The van der Waals surface area contributed by atoms with Gasteiger partial charge in [0.1, 0.15) is 0 Å². The largest absolute Gasteiger partial charge is 0.481 e. The minimum atomic E-state index is -0.824. The quantitative estimate of drug-likeness (QED) is 0.898. The molecule has 1 atom stereocenters. The number of likely N-dealkylation sites (tertiary alicyclic amines) is 1. The number of benzene rings is 1. The van der Waals surface area contributed by atoms with Crippen LogP contribution >= 0.6 is 0 Å². The van der Waals surface area contributed by atoms with E-state index in [4.69, 9.17) is 5.11 Å². The van der Waals surface area contributed by atoms with Crippen LogP contribution in [0.25, 0.3) is 0 Å². The second kappa shape index (κ2) is 6.61. The van der Waals surface area contributed by atoms with Crippen LogP contribution in [0.15, 0.2) is 24.3 Å². The minimum Gasteiger partial charge on any atom is -0.481 e. The number of nitrogens with one attached hydrogen (secondary N) is 1. The average molecular weight is 290 g/mol. The van der Waals surface area contributed by atoms with Crippen LogP contribution in [-0.2, 0) is 4.79 Å². The Morgan fingerprint density at radius 1 is 1.33 bits per heavy atom. The maximum atomic E-state index is 12.3. The van der Waals surface area contributed by atoms with E-state index < -0.39 is 11.9 Å². The van der Waals surface area contributed by atoms with Crippen LogP contribution < -0.4 is 5.32 Å². The maximum absolute atomic E-state index is 12.3. The van der Waals surface area contributed by atoms with Gasteiger partial charge in [0.15, 0.2) is 0 Å². The molecule has 0 aliphatic carbocycles. The van der Waals surface area contributed by atoms with E-state index in [9.17, 15) is 9.59 Å². The summed E-state index contributed by atoms with van der Waals surface area (Å²) in [5, 5.41) is 12.0. The van der Waals surface area contributed by atoms with Crippen molar-refractivity contribution in [2.45, 2.75) is 32.6 Å². The fourth-order valence-corrected chi connectivity index (χ4v) is 2.67. The van der Waals surface area contributed by atoms with Crippen molar-refractivity contribution < 1.29 is 14.7 Å². The predicted octanol–water partition coefficient (Wildman–Crippen LogP) is 3.14. The third-order valence-corrected chi connectivity index (χ3v) is 3.88. The summed E-state index contributed by atoms with van der Waals surface area (Å²) in [5.74, 6) is -0.963. The van der Waals surface area contributed by atoms with Gasteiger partial charge in [0, 0.05) is 18.8 Å². The van der Waals surface area contributed by atoms with Gasteiger partial charge in [-0.1, -0.05) is 32.0 Å². The number of nitrogens with zero attached hydrogens (tertiary/aromatic N) is 1. The number of urea groups is 1. The average Bonchev–Trinajstić information content (AvgIpc) is 2.47. The molecule has 1 aliphatic heterocycles. The van der Waals surface area contributed by atoms with Crippen LogP contribution in [0.5, 0.6) is 0 Å². The number of para-hydroxylation sites is 1. The molecule has 1 fully saturated rings. The van der Waals surface area contributed by atoms with E-state index in [1.807, 2.05) is 24.3 Å². The van der Waals surface area contributed by atoms with Crippen molar-refractivity contribution in [1.29, 1.82) is 0 Å². The number of carbonyl (C=O) groups is 2. The Bertz CT molecular complexity index is 528. The molecule has 0 radical (unpaired) electrons. The smallest absolute Gasteiger partial charge is 0.321 e. The van der Waals surface area contributed by atoms with Crippen LogP contribution in [0, 0.1) is 5.92 Å². The number of hydrogen-bond acceptors (Lipinski definition) is 2. The SMILES string of the molecule is CC(C)c1ccccc1NC(=O)N1CCC[C@@H](C(=O)O)C1. The van der Waals surface area contributed by atoms with Crippen molar-refractivity contribution in [2.75, 3.05) is 18.4 Å². The van der Waals surface area contributed by atoms with Crippen molar-refractivity contribution in [3.63, 3.8) is 0 Å². The zero-order chi connectivity index (χ0) is 15.4. The highest BCUT2D eigenvalue weighted by molar-refractivity contribution is 5.90. The Balaban J connectivity index is 2.06. The van der Waals surface area contributed by atoms with Gasteiger partial charge in [-0.25, -0.2) is 4.79 Å². The molecular formula is C16H22N2O3. The molecular weight excluding hydrogens is 268 g/mol. The van der Waals surface area contributed by atoms with Gasteiger partial charge in [-0.3, -0.25) is 4.79 Å². The topological polar surface area (TPSA) is 69.6 Å². The molecule has 0 aromatic heterocycles. The van der Waals surface area contributed by atoms with Crippen molar-refractivity contribution in [3.05, 3.63) is 29.8 Å². The van der Waals surface area contributed by atoms with Gasteiger partial charge in [0.05, 0.1) is 5.92 Å². The van der Waals surface area contributed by atoms with Gasteiger partial charge >= 0.3 is 12.0 Å². The highest BCUT2D eigenvalue weighted by Gasteiger charge is 2.28. The number of rotatable bonds is 3. The Morgan fingerprint density at radius 3 is 2.71 bits per heavy atom. The molecule has 1 aliphatic rings. The van der Waals surface area contributed by atoms with Crippen molar-refractivity contribution in [2.24, 2.45) is 5.92 Å². The number of anilines is 1. The van der Waals surface area contributed by atoms with Crippen LogP contribution in [0.3, 0.4) is 0 Å². The fraction of sp³-hybridized carbons (Fsp3) is 0.500. The van der Waals surface area contributed by atoms with Crippen molar-refractivity contribution in [3.8, 4) is 0 Å². The highest BCUT2D eigenvalue weighted by Crippen LogP contribution is 2.24. The number of carboxylic acid groups (broad SMARTS) is 1. The summed E-state index contributed by atoms with van der Waals surface area (Å²) in [5.41, 5.74) is 1.88. The van der Waals surface area contributed by atoms with E-state index in [1.165, 1.54) is 0 Å². The molecule has 2 rings (SSSR count). The molecule has 2 amide bonds. The predicted molar refractivity (Wildman–Crippen MR) is 81.5 cm³/mol. The van der Waals surface area contributed by atoms with Crippen LogP contribution in [-0.4, -0.2) is 35.1 Å². The maximum Gasteiger partial charge on any atom is 0.321 e. The Kier molecular flexibility index (Phi) is 4.83. The number of hydrogen-bond donors (Lipinski definition) is 2. The normalized spacial score (nSPS) is 18.6. The summed E-state index contributed by atoms with van der Waals surface area (Å²) in [6, 6.07) is 7.50. The van der Waals surface area contributed by atoms with E-state index in [-0.39, 0.29) is 12.6 Å². The lowest BCUT2D eigenvalue weighted by atomic mass is 9.98. The summed E-state index contributed by atoms with van der Waals surface area (Å²) in [4.78, 5) is 25.0. The lowest BCUT2D eigenvalue weighted by Gasteiger charge is -2.31. The Morgan fingerprint density at radius 2 is 2.05 bits per heavy atom. The first-order valence-electron chi connectivity index (χ1n) is 7.36. The van der Waals surface area contributed by atoms with Gasteiger partial charge < -0.3 is 15.3 Å². The molecule has 1 aromatic rings. The first kappa shape index (κ1) is 15.4. The minimum absolute atomic E-state index is 0.214. The number of amides is 2. The molecule has 114 valence electrons. The monoisotopic (exact) mass is 290 g/mol. The summed E-state index contributed by atoms with van der Waals surface area (Å²) in [7, 11) is 0. The zero-order valence-corrected chi connectivity index (χ0v) is 12.5. The third-order valence-electron chi connectivity index (χ3n) is 3.88. The molecule has 5 heteroatoms. The first-order valence-corrected chi connectivity index (χ1v) is 7.36. The van der Waals surface area contributed by atoms with E-state index in [1.54, 1.807) is 4.90 Å². The van der Waals surface area contributed by atoms with Crippen molar-refractivity contribution in [1.82, 2.24) is 4.90 Å². The summed E-state index contributed by atoms with van der Waals surface area (Å²) < 4.78 is 0. The van der Waals surface area contributed by atoms with Gasteiger partial charge in [-0.2, -0.15) is 0 Å². The van der Waals surface area contributed by atoms with Gasteiger partial charge in [-0.15, -0.1) is 0 Å². The van der Waals surface area contributed by atoms with Crippen LogP contribution in [0.2, 0.25) is 0 Å². The lowest BCUT2D eigenvalue weighted by Crippen LogP contribution is -2.44. The number of aliphatic carboxylic acids is 1. The molecule has 2 N–H and O–H groups in total. The van der Waals surface area contributed by atoms with Crippen LogP contribution in [0.4, 0.5) is 10.5 Å². The molecule has 21 heavy (non-hydrogen) atoms. The molecule has 0 spiro atoms. The Labute approximate surface area is 125 Å². The molecule has 0 unspecified atom stereocenters. The van der Waals surface area contributed by atoms with Gasteiger partial charge in [0.2, 0.25) is 0 Å². The second-order valence-corrected chi connectivity index (χ2v) is 5.80. The number of carboxylic acids is 1. The van der Waals surface area contributed by atoms with E-state index in [0.29, 0.717) is 18.9 Å². The number of carbonyl (C=O) groups excluding carboxylic acids is 1. The molecule has 1 aromatic carbocycles.